The maximum Gasteiger partial charge on any atom is 0.253 e. The van der Waals surface area contributed by atoms with E-state index in [1.54, 1.807) is 0 Å². The lowest BCUT2D eigenvalue weighted by Crippen LogP contribution is -2.42. The number of hydrogen-bond donors (Lipinski definition) is 3. The number of anilines is 1. The fraction of sp³-hybridized carbons (Fsp3) is 0.318. The second-order valence-corrected chi connectivity index (χ2v) is 10.9. The fourth-order valence-corrected chi connectivity index (χ4v) is 4.94. The van der Waals surface area contributed by atoms with Crippen molar-refractivity contribution in [2.45, 2.75) is 18.4 Å². The van der Waals surface area contributed by atoms with Gasteiger partial charge in [-0.2, -0.15) is 0 Å². The van der Waals surface area contributed by atoms with Crippen molar-refractivity contribution in [3.63, 3.8) is 0 Å². The van der Waals surface area contributed by atoms with Crippen LogP contribution in [0, 0.1) is 0 Å². The summed E-state index contributed by atoms with van der Waals surface area (Å²) in [5, 5.41) is 7.37. The summed E-state index contributed by atoms with van der Waals surface area (Å²) in [6.45, 7) is 0.979. The molecular formula is C22H25N5O5S2. The van der Waals surface area contributed by atoms with Crippen LogP contribution in [-0.4, -0.2) is 55.2 Å². The predicted molar refractivity (Wildman–Crippen MR) is 129 cm³/mol. The van der Waals surface area contributed by atoms with Crippen molar-refractivity contribution in [2.24, 2.45) is 5.73 Å². The third-order valence-corrected chi connectivity index (χ3v) is 7.34. The summed E-state index contributed by atoms with van der Waals surface area (Å²) in [5.74, 6) is -1.01. The van der Waals surface area contributed by atoms with Gasteiger partial charge in [0.2, 0.25) is 15.9 Å². The Morgan fingerprint density at radius 1 is 1.26 bits per heavy atom. The Hall–Kier alpha value is -3.06. The normalized spacial score (nSPS) is 15.6. The molecule has 180 valence electrons. The smallest absolute Gasteiger partial charge is 0.253 e. The van der Waals surface area contributed by atoms with Gasteiger partial charge in [-0.05, 0) is 30.5 Å². The zero-order valence-electron chi connectivity index (χ0n) is 18.5. The zero-order chi connectivity index (χ0) is 24.3. The van der Waals surface area contributed by atoms with E-state index in [1.807, 2.05) is 29.6 Å². The minimum Gasteiger partial charge on any atom is -0.381 e. The number of carbonyl (C=O) groups excluding carboxylic acids is 2. The Kier molecular flexibility index (Phi) is 6.84. The van der Waals surface area contributed by atoms with Gasteiger partial charge in [0.05, 0.1) is 24.1 Å². The summed E-state index contributed by atoms with van der Waals surface area (Å²) in [7, 11) is -3.48. The first-order valence-electron chi connectivity index (χ1n) is 10.5. The molecule has 0 spiro atoms. The molecule has 2 aromatic heterocycles. The molecule has 1 aliphatic heterocycles. The number of hydrogen-bond acceptors (Lipinski definition) is 8. The standard InChI is InChI=1S/C22H25N5O5S2/c1-34(30,31)27-8-5-16(13-27)20(29)24-12-19(28)26-21-25-18(14-33-21)15-3-2-4-17(11-15)22(23)6-9-32-10-7-22/h2-5,8,11,13-14H,6-7,9-10,12,23H2,1H3,(H,24,29)(H,25,26,28). The first-order chi connectivity index (χ1) is 16.1. The number of nitrogens with two attached hydrogens (primary N) is 1. The van der Waals surface area contributed by atoms with Gasteiger partial charge in [-0.25, -0.2) is 13.4 Å². The number of nitrogens with zero attached hydrogens (tertiary/aromatic N) is 2. The highest BCUT2D eigenvalue weighted by atomic mass is 32.2. The van der Waals surface area contributed by atoms with Crippen molar-refractivity contribution in [3.05, 3.63) is 59.2 Å². The van der Waals surface area contributed by atoms with Crippen molar-refractivity contribution < 1.29 is 22.7 Å². The summed E-state index contributed by atoms with van der Waals surface area (Å²) in [4.78, 5) is 28.9. The zero-order valence-corrected chi connectivity index (χ0v) is 20.1. The molecule has 34 heavy (non-hydrogen) atoms. The Balaban J connectivity index is 1.36. The van der Waals surface area contributed by atoms with Gasteiger partial charge < -0.3 is 21.1 Å². The minimum atomic E-state index is -3.48. The average molecular weight is 504 g/mol. The van der Waals surface area contributed by atoms with E-state index in [0.29, 0.717) is 24.0 Å². The molecule has 1 aliphatic rings. The predicted octanol–water partition coefficient (Wildman–Crippen LogP) is 1.75. The van der Waals surface area contributed by atoms with Gasteiger partial charge >= 0.3 is 0 Å². The maximum atomic E-state index is 12.3. The Morgan fingerprint density at radius 2 is 2.03 bits per heavy atom. The van der Waals surface area contributed by atoms with Crippen LogP contribution in [0.2, 0.25) is 0 Å². The van der Waals surface area contributed by atoms with E-state index in [-0.39, 0.29) is 12.1 Å². The van der Waals surface area contributed by atoms with Crippen LogP contribution >= 0.6 is 11.3 Å². The first-order valence-corrected chi connectivity index (χ1v) is 13.3. The molecule has 10 nitrogen and oxygen atoms in total. The van der Waals surface area contributed by atoms with Gasteiger partial charge in [-0.3, -0.25) is 13.6 Å². The van der Waals surface area contributed by atoms with E-state index in [4.69, 9.17) is 10.5 Å². The molecule has 0 unspecified atom stereocenters. The second kappa shape index (κ2) is 9.66. The van der Waals surface area contributed by atoms with E-state index in [9.17, 15) is 18.0 Å². The molecule has 1 saturated heterocycles. The molecule has 12 heteroatoms. The van der Waals surface area contributed by atoms with E-state index in [2.05, 4.69) is 15.6 Å². The number of nitrogens with one attached hydrogen (secondary N) is 2. The van der Waals surface area contributed by atoms with E-state index >= 15 is 0 Å². The van der Waals surface area contributed by atoms with Crippen LogP contribution in [0.4, 0.5) is 5.13 Å². The van der Waals surface area contributed by atoms with Crippen LogP contribution in [-0.2, 0) is 25.1 Å². The maximum absolute atomic E-state index is 12.3. The van der Waals surface area contributed by atoms with Crippen molar-refractivity contribution in [2.75, 3.05) is 31.3 Å². The molecule has 0 atom stereocenters. The van der Waals surface area contributed by atoms with Crippen LogP contribution in [0.1, 0.15) is 28.8 Å². The van der Waals surface area contributed by atoms with Crippen LogP contribution in [0.25, 0.3) is 11.3 Å². The topological polar surface area (TPSA) is 145 Å². The molecule has 0 radical (unpaired) electrons. The number of benzene rings is 1. The molecule has 0 bridgehead atoms. The molecule has 3 aromatic rings. The lowest BCUT2D eigenvalue weighted by molar-refractivity contribution is -0.115. The van der Waals surface area contributed by atoms with Gasteiger partial charge in [-0.15, -0.1) is 11.3 Å². The SMILES string of the molecule is CS(=O)(=O)n1ccc(C(=O)NCC(=O)Nc2nc(-c3cccc(C4(N)CCOCC4)c3)cs2)c1. The van der Waals surface area contributed by atoms with E-state index in [1.165, 1.54) is 29.8 Å². The van der Waals surface area contributed by atoms with Crippen molar-refractivity contribution in [1.29, 1.82) is 0 Å². The number of aromatic nitrogens is 2. The fourth-order valence-electron chi connectivity index (χ4n) is 3.62. The van der Waals surface area contributed by atoms with Crippen LogP contribution in [0.3, 0.4) is 0 Å². The number of ether oxygens (including phenoxy) is 1. The van der Waals surface area contributed by atoms with Gasteiger partial charge in [0, 0.05) is 42.1 Å². The Morgan fingerprint density at radius 3 is 2.74 bits per heavy atom. The van der Waals surface area contributed by atoms with Gasteiger partial charge in [0.15, 0.2) is 5.13 Å². The highest BCUT2D eigenvalue weighted by molar-refractivity contribution is 7.89. The van der Waals surface area contributed by atoms with Crippen molar-refractivity contribution in [3.8, 4) is 11.3 Å². The Bertz CT molecular complexity index is 1310. The van der Waals surface area contributed by atoms with Crippen molar-refractivity contribution >= 4 is 38.3 Å². The number of thiazole rings is 1. The molecule has 1 aromatic carbocycles. The molecule has 0 aliphatic carbocycles. The summed E-state index contributed by atoms with van der Waals surface area (Å²) < 4.78 is 29.4. The van der Waals surface area contributed by atoms with Crippen molar-refractivity contribution in [1.82, 2.24) is 14.3 Å². The third-order valence-electron chi connectivity index (χ3n) is 5.59. The highest BCUT2D eigenvalue weighted by Crippen LogP contribution is 2.33. The quantitative estimate of drug-likeness (QED) is 0.445. The molecule has 0 saturated carbocycles. The average Bonchev–Trinajstić information content (AvgIpc) is 3.48. The van der Waals surface area contributed by atoms with Gasteiger partial charge in [-0.1, -0.05) is 18.2 Å². The number of carbonyl (C=O) groups is 2. The van der Waals surface area contributed by atoms with Crippen LogP contribution in [0.5, 0.6) is 0 Å². The third kappa shape index (κ3) is 5.53. The Labute approximate surface area is 201 Å². The van der Waals surface area contributed by atoms with E-state index in [0.717, 1.165) is 34.2 Å². The largest absolute Gasteiger partial charge is 0.381 e. The lowest BCUT2D eigenvalue weighted by atomic mass is 9.83. The first kappa shape index (κ1) is 24.1. The highest BCUT2D eigenvalue weighted by Gasteiger charge is 2.30. The molecule has 4 N–H and O–H groups in total. The molecular weight excluding hydrogens is 478 g/mol. The van der Waals surface area contributed by atoms with E-state index < -0.39 is 27.4 Å². The number of amides is 2. The van der Waals surface area contributed by atoms with Crippen LogP contribution in [0.15, 0.2) is 48.1 Å². The summed E-state index contributed by atoms with van der Waals surface area (Å²) in [6.07, 6.45) is 4.99. The summed E-state index contributed by atoms with van der Waals surface area (Å²) in [6, 6.07) is 9.28. The summed E-state index contributed by atoms with van der Waals surface area (Å²) >= 11 is 1.27. The molecule has 2 amide bonds. The molecule has 1 fully saturated rings. The van der Waals surface area contributed by atoms with Gasteiger partial charge in [0.25, 0.3) is 5.91 Å². The molecule has 3 heterocycles. The molecule has 4 rings (SSSR count). The van der Waals surface area contributed by atoms with Gasteiger partial charge in [0.1, 0.15) is 0 Å². The minimum absolute atomic E-state index is 0.136. The monoisotopic (exact) mass is 503 g/mol. The lowest BCUT2D eigenvalue weighted by Gasteiger charge is -2.34. The second-order valence-electron chi connectivity index (χ2n) is 8.11. The van der Waals surface area contributed by atoms with Crippen LogP contribution < -0.4 is 16.4 Å². The number of rotatable bonds is 7. The summed E-state index contributed by atoms with van der Waals surface area (Å²) in [5.41, 5.74) is 8.94.